The lowest BCUT2D eigenvalue weighted by Gasteiger charge is -2.12. The highest BCUT2D eigenvalue weighted by Gasteiger charge is 2.17. The van der Waals surface area contributed by atoms with E-state index < -0.39 is 9.85 Å². The van der Waals surface area contributed by atoms with Crippen LogP contribution in [0, 0.1) is 20.2 Å². The Morgan fingerprint density at radius 2 is 1.38 bits per heavy atom. The minimum atomic E-state index is -0.454. The molecule has 0 aliphatic heterocycles. The molecule has 4 aromatic carbocycles. The quantitative estimate of drug-likeness (QED) is 0.292. The Morgan fingerprint density at radius 3 is 2.03 bits per heavy atom. The molecule has 5 aromatic rings. The van der Waals surface area contributed by atoms with E-state index >= 15 is 0 Å². The van der Waals surface area contributed by atoms with Crippen LogP contribution >= 0.6 is 0 Å². The van der Waals surface area contributed by atoms with Crippen LogP contribution in [0.3, 0.4) is 0 Å². The number of imidazole rings is 1. The van der Waals surface area contributed by atoms with Crippen molar-refractivity contribution in [3.63, 3.8) is 0 Å². The van der Waals surface area contributed by atoms with Crippen molar-refractivity contribution in [3.8, 4) is 11.4 Å². The standard InChI is InChI=1S/C23H15N5O4/c29-27(30)18-10-5-16(6-11-18)23-24-22-20-4-2-1-3-15(20)7-14-21(22)26(23)25-17-8-12-19(13-9-17)28(31)32/h1-14,25H. The number of anilines is 1. The summed E-state index contributed by atoms with van der Waals surface area (Å²) >= 11 is 0. The molecule has 156 valence electrons. The molecule has 32 heavy (non-hydrogen) atoms. The van der Waals surface area contributed by atoms with Gasteiger partial charge in [0.15, 0.2) is 5.82 Å². The zero-order valence-corrected chi connectivity index (χ0v) is 16.5. The highest BCUT2D eigenvalue weighted by Crippen LogP contribution is 2.31. The van der Waals surface area contributed by atoms with Crippen molar-refractivity contribution in [1.82, 2.24) is 9.66 Å². The molecule has 1 heterocycles. The summed E-state index contributed by atoms with van der Waals surface area (Å²) in [5.74, 6) is 0.560. The average molecular weight is 425 g/mol. The molecule has 0 atom stereocenters. The van der Waals surface area contributed by atoms with Crippen LogP contribution in [0.4, 0.5) is 17.1 Å². The third kappa shape index (κ3) is 3.27. The van der Waals surface area contributed by atoms with E-state index in [0.717, 1.165) is 21.8 Å². The third-order valence-corrected chi connectivity index (χ3v) is 5.21. The molecule has 1 N–H and O–H groups in total. The van der Waals surface area contributed by atoms with E-state index in [-0.39, 0.29) is 11.4 Å². The summed E-state index contributed by atoms with van der Waals surface area (Å²) in [7, 11) is 0. The van der Waals surface area contributed by atoms with Crippen molar-refractivity contribution in [2.75, 3.05) is 5.43 Å². The molecule has 0 aliphatic rings. The number of benzene rings is 4. The van der Waals surface area contributed by atoms with Crippen molar-refractivity contribution < 1.29 is 9.85 Å². The molecular formula is C23H15N5O4. The summed E-state index contributed by atoms with van der Waals surface area (Å²) in [6.45, 7) is 0. The number of nitrogens with zero attached hydrogens (tertiary/aromatic N) is 4. The van der Waals surface area contributed by atoms with Gasteiger partial charge in [0.1, 0.15) is 0 Å². The molecule has 9 heteroatoms. The number of aromatic nitrogens is 2. The van der Waals surface area contributed by atoms with Crippen LogP contribution in [0.25, 0.3) is 33.2 Å². The third-order valence-electron chi connectivity index (χ3n) is 5.21. The normalized spacial score (nSPS) is 11.0. The molecule has 9 nitrogen and oxygen atoms in total. The fraction of sp³-hybridized carbons (Fsp3) is 0. The zero-order chi connectivity index (χ0) is 22.2. The van der Waals surface area contributed by atoms with E-state index in [0.29, 0.717) is 17.1 Å². The SMILES string of the molecule is O=[N+]([O-])c1ccc(Nn2c(-c3ccc([N+](=O)[O-])cc3)nc3c4ccccc4ccc32)cc1. The Balaban J connectivity index is 1.69. The minimum Gasteiger partial charge on any atom is -0.292 e. The van der Waals surface area contributed by atoms with Crippen LogP contribution in [-0.2, 0) is 0 Å². The highest BCUT2D eigenvalue weighted by atomic mass is 16.6. The molecule has 0 saturated carbocycles. The van der Waals surface area contributed by atoms with Crippen molar-refractivity contribution in [1.29, 1.82) is 0 Å². The first-order valence-electron chi connectivity index (χ1n) is 9.68. The van der Waals surface area contributed by atoms with Gasteiger partial charge in [-0.05, 0) is 35.7 Å². The number of non-ortho nitro benzene ring substituents is 2. The number of rotatable bonds is 5. The Bertz CT molecular complexity index is 1490. The average Bonchev–Trinajstić information content (AvgIpc) is 3.18. The summed E-state index contributed by atoms with van der Waals surface area (Å²) in [6.07, 6.45) is 0. The fourth-order valence-corrected chi connectivity index (χ4v) is 3.64. The molecule has 1 aromatic heterocycles. The minimum absolute atomic E-state index is 0.00683. The van der Waals surface area contributed by atoms with Gasteiger partial charge in [0.2, 0.25) is 0 Å². The molecule has 5 rings (SSSR count). The molecule has 0 bridgehead atoms. The Hall–Kier alpha value is -4.79. The monoisotopic (exact) mass is 425 g/mol. The second-order valence-corrected chi connectivity index (χ2v) is 7.15. The van der Waals surface area contributed by atoms with Crippen LogP contribution in [-0.4, -0.2) is 19.5 Å². The van der Waals surface area contributed by atoms with Gasteiger partial charge in [-0.15, -0.1) is 0 Å². The summed E-state index contributed by atoms with van der Waals surface area (Å²) in [5, 5.41) is 24.0. The smallest absolute Gasteiger partial charge is 0.269 e. The van der Waals surface area contributed by atoms with E-state index in [2.05, 4.69) is 5.43 Å². The van der Waals surface area contributed by atoms with Crippen LogP contribution in [0.2, 0.25) is 0 Å². The summed E-state index contributed by atoms with van der Waals surface area (Å²) in [6, 6.07) is 24.1. The lowest BCUT2D eigenvalue weighted by atomic mass is 10.1. The molecule has 0 aliphatic carbocycles. The number of hydrogen-bond acceptors (Lipinski definition) is 6. The van der Waals surface area contributed by atoms with Gasteiger partial charge in [-0.1, -0.05) is 30.3 Å². The van der Waals surface area contributed by atoms with Gasteiger partial charge in [0.25, 0.3) is 11.4 Å². The maximum absolute atomic E-state index is 11.0. The van der Waals surface area contributed by atoms with Gasteiger partial charge in [-0.3, -0.25) is 25.7 Å². The maximum Gasteiger partial charge on any atom is 0.269 e. The van der Waals surface area contributed by atoms with Crippen LogP contribution in [0.1, 0.15) is 0 Å². The zero-order valence-electron chi connectivity index (χ0n) is 16.5. The Morgan fingerprint density at radius 1 is 0.750 bits per heavy atom. The predicted molar refractivity (Wildman–Crippen MR) is 121 cm³/mol. The van der Waals surface area contributed by atoms with Crippen molar-refractivity contribution in [3.05, 3.63) is 105 Å². The molecule has 0 fully saturated rings. The predicted octanol–water partition coefficient (Wildman–Crippen LogP) is 5.55. The van der Waals surface area contributed by atoms with Crippen molar-refractivity contribution in [2.24, 2.45) is 0 Å². The van der Waals surface area contributed by atoms with E-state index in [1.165, 1.54) is 24.3 Å². The van der Waals surface area contributed by atoms with Gasteiger partial charge < -0.3 is 0 Å². The molecule has 0 radical (unpaired) electrons. The van der Waals surface area contributed by atoms with E-state index in [9.17, 15) is 20.2 Å². The van der Waals surface area contributed by atoms with E-state index in [4.69, 9.17) is 4.98 Å². The first-order valence-corrected chi connectivity index (χ1v) is 9.68. The van der Waals surface area contributed by atoms with Crippen LogP contribution in [0.5, 0.6) is 0 Å². The lowest BCUT2D eigenvalue weighted by molar-refractivity contribution is -0.385. The number of hydrogen-bond donors (Lipinski definition) is 1. The molecular weight excluding hydrogens is 410 g/mol. The summed E-state index contributed by atoms with van der Waals surface area (Å²) in [5.41, 5.74) is 6.13. The summed E-state index contributed by atoms with van der Waals surface area (Å²) in [4.78, 5) is 26.0. The number of nitrogens with one attached hydrogen (secondary N) is 1. The van der Waals surface area contributed by atoms with Crippen LogP contribution < -0.4 is 5.43 Å². The molecule has 0 amide bonds. The molecule has 0 saturated heterocycles. The first kappa shape index (κ1) is 19.2. The fourth-order valence-electron chi connectivity index (χ4n) is 3.64. The Kier molecular flexibility index (Phi) is 4.48. The second kappa shape index (κ2) is 7.47. The van der Waals surface area contributed by atoms with E-state index in [1.54, 1.807) is 28.9 Å². The van der Waals surface area contributed by atoms with Crippen LogP contribution in [0.15, 0.2) is 84.9 Å². The highest BCUT2D eigenvalue weighted by molar-refractivity contribution is 6.05. The molecule has 0 unspecified atom stereocenters. The van der Waals surface area contributed by atoms with Gasteiger partial charge >= 0.3 is 0 Å². The van der Waals surface area contributed by atoms with Crippen molar-refractivity contribution in [2.45, 2.75) is 0 Å². The van der Waals surface area contributed by atoms with Gasteiger partial charge in [-0.25, -0.2) is 9.66 Å². The second-order valence-electron chi connectivity index (χ2n) is 7.15. The van der Waals surface area contributed by atoms with Gasteiger partial charge in [0, 0.05) is 35.2 Å². The number of nitro benzene ring substituents is 2. The Labute approximate surface area is 180 Å². The molecule has 0 spiro atoms. The maximum atomic E-state index is 11.0. The number of fused-ring (bicyclic) bond motifs is 3. The van der Waals surface area contributed by atoms with Gasteiger partial charge in [0.05, 0.1) is 26.6 Å². The topological polar surface area (TPSA) is 116 Å². The lowest BCUT2D eigenvalue weighted by Crippen LogP contribution is -2.10. The number of nitro groups is 2. The largest absolute Gasteiger partial charge is 0.292 e. The summed E-state index contributed by atoms with van der Waals surface area (Å²) < 4.78 is 1.78. The first-order chi connectivity index (χ1) is 15.5. The van der Waals surface area contributed by atoms with Crippen molar-refractivity contribution >= 4 is 38.9 Å². The van der Waals surface area contributed by atoms with Gasteiger partial charge in [-0.2, -0.15) is 0 Å². The van der Waals surface area contributed by atoms with E-state index in [1.807, 2.05) is 36.4 Å².